The number of aliphatic hydroxyl groups is 5. The molecule has 0 aromatic heterocycles. The first kappa shape index (κ1) is 62.4. The van der Waals surface area contributed by atoms with Crippen LogP contribution in [-0.2, 0) is 23.8 Å². The van der Waals surface area contributed by atoms with Gasteiger partial charge in [-0.05, 0) is 83.5 Å². The molecule has 0 aliphatic carbocycles. The van der Waals surface area contributed by atoms with Crippen molar-refractivity contribution >= 4 is 11.9 Å². The molecular formula is C56H99NO10. The standard InChI is InChI=1S/C56H99NO10/c1-4-7-10-13-16-19-22-25-26-29-32-35-38-41-44-51(61)67-54-53(63)52(62)50(45-58)66-56(54)65-46-47(48(59)42-39-36-33-30-27-23-20-17-14-11-8-5-2)57-55(64)49(60)43-40-37-34-31-28-24-21-18-15-12-9-6-3/h7,10,16,19,25-26,28,31,39,42,47-50,52-54,56,58-60,62-63H,4-6,8-9,11-15,17-18,20-24,27,29-30,32-38,40-41,43-46H2,1-3H3,(H,57,64)/b10-7+,19-16+,26-25+,31-28-,42-39+. The largest absolute Gasteiger partial charge is 0.454 e. The normalized spacial score (nSPS) is 20.5. The number of esters is 1. The van der Waals surface area contributed by atoms with Gasteiger partial charge in [-0.1, -0.05) is 191 Å². The molecule has 1 aliphatic heterocycles. The summed E-state index contributed by atoms with van der Waals surface area (Å²) in [6.45, 7) is 5.61. The number of hydrogen-bond donors (Lipinski definition) is 6. The van der Waals surface area contributed by atoms with Gasteiger partial charge in [-0.25, -0.2) is 0 Å². The van der Waals surface area contributed by atoms with Crippen molar-refractivity contribution in [3.63, 3.8) is 0 Å². The minimum atomic E-state index is -1.62. The Bertz CT molecular complexity index is 1320. The number of amides is 1. The Balaban J connectivity index is 2.80. The molecule has 1 saturated heterocycles. The van der Waals surface area contributed by atoms with Gasteiger partial charge in [0.05, 0.1) is 25.4 Å². The van der Waals surface area contributed by atoms with Crippen LogP contribution in [0.4, 0.5) is 0 Å². The third-order valence-corrected chi connectivity index (χ3v) is 12.4. The fourth-order valence-electron chi connectivity index (χ4n) is 8.07. The van der Waals surface area contributed by atoms with Crippen LogP contribution in [-0.4, -0.2) is 99.6 Å². The highest BCUT2D eigenvalue weighted by Gasteiger charge is 2.47. The van der Waals surface area contributed by atoms with Gasteiger partial charge in [0.25, 0.3) is 0 Å². The average molecular weight is 946 g/mol. The van der Waals surface area contributed by atoms with Gasteiger partial charge >= 0.3 is 5.97 Å². The van der Waals surface area contributed by atoms with Crippen molar-refractivity contribution in [3.05, 3.63) is 60.8 Å². The van der Waals surface area contributed by atoms with Crippen molar-refractivity contribution in [2.45, 2.75) is 269 Å². The minimum Gasteiger partial charge on any atom is -0.454 e. The van der Waals surface area contributed by atoms with Gasteiger partial charge in [0.1, 0.15) is 24.4 Å². The molecule has 388 valence electrons. The minimum absolute atomic E-state index is 0.0944. The van der Waals surface area contributed by atoms with Crippen LogP contribution in [0.5, 0.6) is 0 Å². The molecule has 6 N–H and O–H groups in total. The molecule has 1 fully saturated rings. The van der Waals surface area contributed by atoms with Gasteiger partial charge in [0, 0.05) is 6.42 Å². The van der Waals surface area contributed by atoms with E-state index >= 15 is 0 Å². The summed E-state index contributed by atoms with van der Waals surface area (Å²) >= 11 is 0. The van der Waals surface area contributed by atoms with E-state index in [1.54, 1.807) is 6.08 Å². The van der Waals surface area contributed by atoms with E-state index in [1.165, 1.54) is 89.9 Å². The Hall–Kier alpha value is -2.64. The van der Waals surface area contributed by atoms with E-state index < -0.39 is 67.4 Å². The predicted octanol–water partition coefficient (Wildman–Crippen LogP) is 11.5. The maximum absolute atomic E-state index is 13.3. The fraction of sp³-hybridized carbons (Fsp3) is 0.786. The zero-order chi connectivity index (χ0) is 49.0. The van der Waals surface area contributed by atoms with Crippen molar-refractivity contribution in [1.82, 2.24) is 5.32 Å². The van der Waals surface area contributed by atoms with Gasteiger partial charge in [0.15, 0.2) is 12.4 Å². The Morgan fingerprint density at radius 1 is 0.597 bits per heavy atom. The van der Waals surface area contributed by atoms with Crippen LogP contribution < -0.4 is 5.32 Å². The monoisotopic (exact) mass is 946 g/mol. The predicted molar refractivity (Wildman–Crippen MR) is 273 cm³/mol. The molecule has 8 unspecified atom stereocenters. The summed E-state index contributed by atoms with van der Waals surface area (Å²) in [5.74, 6) is -1.24. The summed E-state index contributed by atoms with van der Waals surface area (Å²) in [4.78, 5) is 26.3. The molecular weight excluding hydrogens is 847 g/mol. The summed E-state index contributed by atoms with van der Waals surface area (Å²) in [7, 11) is 0. The molecule has 67 heavy (non-hydrogen) atoms. The summed E-state index contributed by atoms with van der Waals surface area (Å²) in [6.07, 6.45) is 42.7. The third-order valence-electron chi connectivity index (χ3n) is 12.4. The molecule has 1 amide bonds. The smallest absolute Gasteiger partial charge is 0.306 e. The van der Waals surface area contributed by atoms with Crippen molar-refractivity contribution < 1.29 is 49.3 Å². The first-order valence-electron chi connectivity index (χ1n) is 27.1. The van der Waals surface area contributed by atoms with Gasteiger partial charge in [-0.3, -0.25) is 9.59 Å². The fourth-order valence-corrected chi connectivity index (χ4v) is 8.07. The second-order valence-corrected chi connectivity index (χ2v) is 18.6. The number of allylic oxidation sites excluding steroid dienone is 9. The molecule has 0 aromatic rings. The molecule has 8 atom stereocenters. The second kappa shape index (κ2) is 44.6. The topological polar surface area (TPSA) is 175 Å². The van der Waals surface area contributed by atoms with Crippen LogP contribution >= 0.6 is 0 Å². The number of ether oxygens (including phenoxy) is 3. The Kier molecular flexibility index (Phi) is 41.5. The molecule has 11 heteroatoms. The highest BCUT2D eigenvalue weighted by Crippen LogP contribution is 2.26. The Morgan fingerprint density at radius 3 is 1.63 bits per heavy atom. The number of aliphatic hydroxyl groups excluding tert-OH is 5. The van der Waals surface area contributed by atoms with Crippen LogP contribution in [0, 0.1) is 0 Å². The van der Waals surface area contributed by atoms with E-state index in [2.05, 4.69) is 74.7 Å². The first-order chi connectivity index (χ1) is 32.7. The number of hydrogen-bond acceptors (Lipinski definition) is 10. The van der Waals surface area contributed by atoms with Gasteiger partial charge in [-0.15, -0.1) is 0 Å². The quantitative estimate of drug-likeness (QED) is 0.0196. The SMILES string of the molecule is CC/C=C/C/C=C/C/C=C/CCCCCCC(=O)OC1C(OCC(NC(=O)C(O)CCCC/C=C\CCCCCCCC)C(O)/C=C/CCCCCCCCCCCC)OC(CO)C(O)C1O. The molecule has 0 aromatic carbocycles. The van der Waals surface area contributed by atoms with Crippen molar-refractivity contribution in [1.29, 1.82) is 0 Å². The van der Waals surface area contributed by atoms with E-state index in [0.29, 0.717) is 12.8 Å². The first-order valence-corrected chi connectivity index (χ1v) is 27.1. The molecule has 0 radical (unpaired) electrons. The number of unbranched alkanes of at least 4 members (excludes halogenated alkanes) is 22. The number of carbonyl (C=O) groups excluding carboxylic acids is 2. The molecule has 0 bridgehead atoms. The molecule has 1 aliphatic rings. The number of nitrogens with one attached hydrogen (secondary N) is 1. The highest BCUT2D eigenvalue weighted by molar-refractivity contribution is 5.80. The van der Waals surface area contributed by atoms with Crippen LogP contribution in [0.3, 0.4) is 0 Å². The second-order valence-electron chi connectivity index (χ2n) is 18.6. The third kappa shape index (κ3) is 33.5. The molecule has 0 saturated carbocycles. The lowest BCUT2D eigenvalue weighted by atomic mass is 9.99. The van der Waals surface area contributed by atoms with Gasteiger partial charge < -0.3 is 45.1 Å². The van der Waals surface area contributed by atoms with Crippen LogP contribution in [0.15, 0.2) is 60.8 Å². The Morgan fingerprint density at radius 2 is 1.07 bits per heavy atom. The van der Waals surface area contributed by atoms with E-state index in [1.807, 2.05) is 6.08 Å². The lowest BCUT2D eigenvalue weighted by molar-refractivity contribution is -0.305. The van der Waals surface area contributed by atoms with Crippen LogP contribution in [0.1, 0.15) is 220 Å². The van der Waals surface area contributed by atoms with Crippen LogP contribution in [0.25, 0.3) is 0 Å². The zero-order valence-corrected chi connectivity index (χ0v) is 42.5. The van der Waals surface area contributed by atoms with E-state index in [9.17, 15) is 35.1 Å². The van der Waals surface area contributed by atoms with Gasteiger partial charge in [0.2, 0.25) is 5.91 Å². The van der Waals surface area contributed by atoms with Crippen molar-refractivity contribution in [2.24, 2.45) is 0 Å². The van der Waals surface area contributed by atoms with E-state index in [0.717, 1.165) is 83.5 Å². The number of carbonyl (C=O) groups is 2. The maximum atomic E-state index is 13.3. The number of rotatable bonds is 44. The van der Waals surface area contributed by atoms with Gasteiger partial charge in [-0.2, -0.15) is 0 Å². The summed E-state index contributed by atoms with van der Waals surface area (Å²) in [5, 5.41) is 56.6. The Labute approximate surface area is 408 Å². The summed E-state index contributed by atoms with van der Waals surface area (Å²) in [5.41, 5.74) is 0. The van der Waals surface area contributed by atoms with Crippen molar-refractivity contribution in [3.8, 4) is 0 Å². The van der Waals surface area contributed by atoms with Crippen molar-refractivity contribution in [2.75, 3.05) is 13.2 Å². The van der Waals surface area contributed by atoms with Crippen LogP contribution in [0.2, 0.25) is 0 Å². The van der Waals surface area contributed by atoms with E-state index in [4.69, 9.17) is 14.2 Å². The summed E-state index contributed by atoms with van der Waals surface area (Å²) in [6, 6.07) is -1.04. The van der Waals surface area contributed by atoms with E-state index in [-0.39, 0.29) is 19.4 Å². The maximum Gasteiger partial charge on any atom is 0.306 e. The molecule has 1 heterocycles. The molecule has 0 spiro atoms. The lowest BCUT2D eigenvalue weighted by Gasteiger charge is -2.41. The summed E-state index contributed by atoms with van der Waals surface area (Å²) < 4.78 is 17.5. The zero-order valence-electron chi connectivity index (χ0n) is 42.5. The average Bonchev–Trinajstić information content (AvgIpc) is 3.32. The molecule has 1 rings (SSSR count). The highest BCUT2D eigenvalue weighted by atomic mass is 16.7. The molecule has 11 nitrogen and oxygen atoms in total. The lowest BCUT2D eigenvalue weighted by Crippen LogP contribution is -2.61.